The molecule has 0 fully saturated rings. The molecule has 0 bridgehead atoms. The van der Waals surface area contributed by atoms with Crippen LogP contribution in [0.3, 0.4) is 0 Å². The van der Waals surface area contributed by atoms with E-state index in [-0.39, 0.29) is 41.9 Å². The number of carboxylic acid groups (broad SMARTS) is 2. The molecule has 178 valence electrons. The highest BCUT2D eigenvalue weighted by atomic mass is 16.4. The molecule has 1 atom stereocenters. The smallest absolute Gasteiger partial charge is 0.326 e. The number of hydrogen-bond donors (Lipinski definition) is 5. The molecule has 0 aliphatic rings. The number of carbonyl (C=O) groups excluding carboxylic acids is 1. The van der Waals surface area contributed by atoms with Crippen molar-refractivity contribution in [2.45, 2.75) is 31.8 Å². The molecule has 3 rings (SSSR count). The van der Waals surface area contributed by atoms with Gasteiger partial charge in [0.2, 0.25) is 5.95 Å². The number of amides is 1. The Balaban J connectivity index is 1.65. The Morgan fingerprint density at radius 1 is 1.18 bits per heavy atom. The second-order valence-electron chi connectivity index (χ2n) is 7.54. The minimum atomic E-state index is -1.23. The van der Waals surface area contributed by atoms with Crippen LogP contribution in [0.4, 0.5) is 11.6 Å². The molecule has 13 heteroatoms. The van der Waals surface area contributed by atoms with E-state index in [2.05, 4.69) is 25.3 Å². The van der Waals surface area contributed by atoms with Crippen molar-refractivity contribution in [1.82, 2.24) is 25.3 Å². The molecule has 1 amide bonds. The molecule has 0 spiro atoms. The molecule has 1 unspecified atom stereocenters. The van der Waals surface area contributed by atoms with Gasteiger partial charge in [-0.25, -0.2) is 14.8 Å². The molecule has 1 aromatic carbocycles. The van der Waals surface area contributed by atoms with Crippen LogP contribution in [0.1, 0.15) is 35.3 Å². The van der Waals surface area contributed by atoms with E-state index < -0.39 is 29.4 Å². The van der Waals surface area contributed by atoms with Crippen molar-refractivity contribution in [3.05, 3.63) is 52.1 Å². The maximum atomic E-state index is 12.4. The number of nitrogen functional groups attached to an aromatic ring is 1. The zero-order valence-electron chi connectivity index (χ0n) is 18.2. The van der Waals surface area contributed by atoms with Crippen molar-refractivity contribution in [3.63, 3.8) is 0 Å². The first-order chi connectivity index (χ1) is 16.1. The molecular weight excluding hydrogens is 446 g/mol. The number of rotatable bonds is 10. The van der Waals surface area contributed by atoms with E-state index >= 15 is 0 Å². The van der Waals surface area contributed by atoms with Gasteiger partial charge in [0.15, 0.2) is 11.2 Å². The van der Waals surface area contributed by atoms with Crippen molar-refractivity contribution in [3.8, 4) is 0 Å². The average Bonchev–Trinajstić information content (AvgIpc) is 2.78. The van der Waals surface area contributed by atoms with Crippen LogP contribution in [-0.2, 0) is 16.1 Å². The summed E-state index contributed by atoms with van der Waals surface area (Å²) in [6.07, 6.45) is 1.44. The Morgan fingerprint density at radius 3 is 2.53 bits per heavy atom. The monoisotopic (exact) mass is 469 g/mol. The molecule has 2 aromatic heterocycles. The number of nitrogens with zero attached hydrogens (tertiary/aromatic N) is 4. The Labute approximate surface area is 192 Å². The largest absolute Gasteiger partial charge is 0.481 e. The molecule has 0 saturated carbocycles. The normalized spacial score (nSPS) is 11.7. The lowest BCUT2D eigenvalue weighted by Gasteiger charge is -2.19. The predicted octanol–water partition coefficient (Wildman–Crippen LogP) is 0.370. The maximum Gasteiger partial charge on any atom is 0.326 e. The lowest BCUT2D eigenvalue weighted by molar-refractivity contribution is -0.140. The molecule has 0 aliphatic heterocycles. The molecular formula is C21H23N7O6. The number of aromatic amines is 1. The lowest BCUT2D eigenvalue weighted by Crippen LogP contribution is -2.40. The van der Waals surface area contributed by atoms with Gasteiger partial charge in [0, 0.05) is 24.7 Å². The second-order valence-corrected chi connectivity index (χ2v) is 7.54. The molecule has 3 aromatic rings. The number of benzene rings is 1. The van der Waals surface area contributed by atoms with Crippen LogP contribution < -0.4 is 21.5 Å². The quantitative estimate of drug-likeness (QED) is 0.274. The third kappa shape index (κ3) is 6.03. The van der Waals surface area contributed by atoms with Crippen molar-refractivity contribution in [1.29, 1.82) is 0 Å². The summed E-state index contributed by atoms with van der Waals surface area (Å²) in [5, 5.41) is 20.4. The fourth-order valence-corrected chi connectivity index (χ4v) is 3.21. The summed E-state index contributed by atoms with van der Waals surface area (Å²) in [4.78, 5) is 63.0. The highest BCUT2D eigenvalue weighted by molar-refractivity contribution is 5.96. The van der Waals surface area contributed by atoms with Gasteiger partial charge in [0.25, 0.3) is 11.5 Å². The van der Waals surface area contributed by atoms with Gasteiger partial charge in [-0.1, -0.05) is 0 Å². The van der Waals surface area contributed by atoms with E-state index in [1.807, 2.05) is 4.90 Å². The van der Waals surface area contributed by atoms with Crippen LogP contribution in [0.5, 0.6) is 0 Å². The first-order valence-corrected chi connectivity index (χ1v) is 10.2. The number of aromatic nitrogens is 4. The van der Waals surface area contributed by atoms with E-state index in [1.165, 1.54) is 6.20 Å². The molecule has 13 nitrogen and oxygen atoms in total. The molecule has 0 radical (unpaired) electrons. The summed E-state index contributed by atoms with van der Waals surface area (Å²) in [5.41, 5.74) is 6.73. The Morgan fingerprint density at radius 2 is 1.88 bits per heavy atom. The number of anilines is 2. The van der Waals surface area contributed by atoms with Gasteiger partial charge < -0.3 is 26.2 Å². The topological polar surface area (TPSA) is 204 Å². The lowest BCUT2D eigenvalue weighted by atomic mass is 10.1. The van der Waals surface area contributed by atoms with Crippen molar-refractivity contribution in [2.75, 3.05) is 17.7 Å². The number of fused-ring (bicyclic) bond motifs is 1. The van der Waals surface area contributed by atoms with Gasteiger partial charge in [-0.05, 0) is 37.1 Å². The fraction of sp³-hybridized carbons (Fsp3) is 0.286. The highest BCUT2D eigenvalue weighted by Gasteiger charge is 2.21. The van der Waals surface area contributed by atoms with Gasteiger partial charge in [0.1, 0.15) is 6.04 Å². The summed E-state index contributed by atoms with van der Waals surface area (Å²) in [6.45, 7) is 0.308. The first kappa shape index (κ1) is 24.1. The molecule has 2 heterocycles. The van der Waals surface area contributed by atoms with Gasteiger partial charge in [-0.2, -0.15) is 4.98 Å². The van der Waals surface area contributed by atoms with Crippen LogP contribution in [0.15, 0.2) is 35.3 Å². The van der Waals surface area contributed by atoms with E-state index in [9.17, 15) is 24.3 Å². The van der Waals surface area contributed by atoms with E-state index in [0.29, 0.717) is 12.2 Å². The minimum absolute atomic E-state index is 0.00589. The molecule has 34 heavy (non-hydrogen) atoms. The Bertz CT molecular complexity index is 1270. The number of H-pyrrole nitrogens is 1. The third-order valence-electron chi connectivity index (χ3n) is 4.94. The van der Waals surface area contributed by atoms with Crippen LogP contribution in [0.2, 0.25) is 0 Å². The van der Waals surface area contributed by atoms with E-state index in [1.54, 1.807) is 31.3 Å². The van der Waals surface area contributed by atoms with E-state index in [4.69, 9.17) is 10.8 Å². The zero-order valence-corrected chi connectivity index (χ0v) is 18.2. The number of nitrogens with one attached hydrogen (secondary N) is 2. The van der Waals surface area contributed by atoms with Crippen molar-refractivity contribution < 1.29 is 24.6 Å². The summed E-state index contributed by atoms with van der Waals surface area (Å²) in [7, 11) is 1.79. The zero-order chi connectivity index (χ0) is 24.8. The van der Waals surface area contributed by atoms with Gasteiger partial charge >= 0.3 is 11.9 Å². The summed E-state index contributed by atoms with van der Waals surface area (Å²) < 4.78 is 0. The SMILES string of the molecule is CN(Cc1cnc2nc(N)[nH]c(=O)c2n1)c1ccc(C(=O)NC(CCCC(=O)O)C(=O)O)cc1. The number of nitrogens with two attached hydrogens (primary N) is 1. The van der Waals surface area contributed by atoms with Gasteiger partial charge in [0.05, 0.1) is 18.4 Å². The van der Waals surface area contributed by atoms with Crippen molar-refractivity contribution >= 4 is 40.6 Å². The van der Waals surface area contributed by atoms with E-state index in [0.717, 1.165) is 5.69 Å². The summed E-state index contributed by atoms with van der Waals surface area (Å²) >= 11 is 0. The predicted molar refractivity (Wildman–Crippen MR) is 121 cm³/mol. The van der Waals surface area contributed by atoms with Crippen LogP contribution >= 0.6 is 0 Å². The number of carboxylic acids is 2. The van der Waals surface area contributed by atoms with Crippen LogP contribution in [0.25, 0.3) is 11.2 Å². The van der Waals surface area contributed by atoms with Crippen LogP contribution in [0, 0.1) is 0 Å². The van der Waals surface area contributed by atoms with Crippen molar-refractivity contribution in [2.24, 2.45) is 0 Å². The first-order valence-electron chi connectivity index (χ1n) is 10.2. The summed E-state index contributed by atoms with van der Waals surface area (Å²) in [5.74, 6) is -2.89. The standard InChI is InChI=1S/C21H23N7O6/c1-28(10-12-9-23-17-16(24-12)19(32)27-21(22)26-17)13-7-5-11(6-8-13)18(31)25-14(20(33)34)3-2-4-15(29)30/h5-9,14H,2-4,10H2,1H3,(H,25,31)(H,29,30)(H,33,34)(H3,22,23,26,27,32). The molecule has 0 saturated heterocycles. The number of aliphatic carboxylic acids is 2. The minimum Gasteiger partial charge on any atom is -0.481 e. The Hall–Kier alpha value is -4.55. The maximum absolute atomic E-state index is 12.4. The molecule has 6 N–H and O–H groups in total. The summed E-state index contributed by atoms with van der Waals surface area (Å²) in [6, 6.07) is 5.26. The number of hydrogen-bond acceptors (Lipinski definition) is 9. The molecule has 0 aliphatic carbocycles. The second kappa shape index (κ2) is 10.4. The highest BCUT2D eigenvalue weighted by Crippen LogP contribution is 2.17. The number of carbonyl (C=O) groups is 3. The average molecular weight is 469 g/mol. The van der Waals surface area contributed by atoms with Gasteiger partial charge in [-0.15, -0.1) is 0 Å². The fourth-order valence-electron chi connectivity index (χ4n) is 3.21. The third-order valence-corrected chi connectivity index (χ3v) is 4.94. The van der Waals surface area contributed by atoms with Crippen LogP contribution in [-0.4, -0.2) is 61.1 Å². The Kier molecular flexibility index (Phi) is 7.36. The van der Waals surface area contributed by atoms with Gasteiger partial charge in [-0.3, -0.25) is 19.4 Å².